The molecule has 4 heteroatoms. The summed E-state index contributed by atoms with van der Waals surface area (Å²) in [5, 5.41) is 0. The molecule has 2 nitrogen and oxygen atoms in total. The van der Waals surface area contributed by atoms with E-state index >= 15 is 0 Å². The minimum Gasteiger partial charge on any atom is -0.489 e. The third-order valence-corrected chi connectivity index (χ3v) is 1.91. The van der Waals surface area contributed by atoms with E-state index < -0.39 is 17.4 Å². The Balaban J connectivity index is 2.67. The molecule has 1 aromatic rings. The second-order valence-electron chi connectivity index (χ2n) is 2.75. The topological polar surface area (TPSA) is 26.3 Å². The molecule has 1 heterocycles. The van der Waals surface area contributed by atoms with Crippen molar-refractivity contribution in [2.45, 2.75) is 6.42 Å². The third kappa shape index (κ3) is 1.18. The van der Waals surface area contributed by atoms with E-state index in [1.165, 1.54) is 0 Å². The Hall–Kier alpha value is -1.45. The molecule has 0 spiro atoms. The molecule has 0 aromatic heterocycles. The normalized spacial score (nSPS) is 15.1. The Bertz CT molecular complexity index is 374. The molecule has 68 valence electrons. The lowest BCUT2D eigenvalue weighted by atomic mass is 10.0. The number of ketones is 1. The Labute approximate surface area is 73.1 Å². The van der Waals surface area contributed by atoms with E-state index in [0.29, 0.717) is 0 Å². The van der Waals surface area contributed by atoms with Crippen molar-refractivity contribution >= 4 is 5.78 Å². The molecule has 1 aliphatic rings. The number of Topliss-reactive ketones (excluding diaryl/α,β-unsaturated/α-hetero) is 1. The first kappa shape index (κ1) is 8.16. The van der Waals surface area contributed by atoms with Crippen LogP contribution in [0, 0.1) is 11.6 Å². The van der Waals surface area contributed by atoms with Crippen LogP contribution >= 0.6 is 0 Å². The predicted octanol–water partition coefficient (Wildman–Crippen LogP) is 1.93. The van der Waals surface area contributed by atoms with Gasteiger partial charge in [-0.3, -0.25) is 4.79 Å². The van der Waals surface area contributed by atoms with Crippen molar-refractivity contribution in [3.05, 3.63) is 29.3 Å². The lowest BCUT2D eigenvalue weighted by molar-refractivity contribution is 0.0923. The molecule has 0 atom stereocenters. The molecule has 13 heavy (non-hydrogen) atoms. The van der Waals surface area contributed by atoms with Crippen molar-refractivity contribution in [1.29, 1.82) is 0 Å². The van der Waals surface area contributed by atoms with E-state index in [1.54, 1.807) is 0 Å². The van der Waals surface area contributed by atoms with Crippen LogP contribution in [-0.4, -0.2) is 12.4 Å². The maximum Gasteiger partial charge on any atom is 0.173 e. The van der Waals surface area contributed by atoms with Gasteiger partial charge in [0.1, 0.15) is 5.82 Å². The maximum absolute atomic E-state index is 13.0. The maximum atomic E-state index is 13.0. The molecule has 2 rings (SSSR count). The summed E-state index contributed by atoms with van der Waals surface area (Å²) in [6.45, 7) is 0.117. The van der Waals surface area contributed by atoms with E-state index in [4.69, 9.17) is 4.74 Å². The van der Waals surface area contributed by atoms with Crippen molar-refractivity contribution in [1.82, 2.24) is 0 Å². The fourth-order valence-corrected chi connectivity index (χ4v) is 1.30. The lowest BCUT2D eigenvalue weighted by Gasteiger charge is -2.16. The van der Waals surface area contributed by atoms with Crippen LogP contribution in [0.15, 0.2) is 12.1 Å². The van der Waals surface area contributed by atoms with E-state index in [-0.39, 0.29) is 24.3 Å². The summed E-state index contributed by atoms with van der Waals surface area (Å²) in [6, 6.07) is 1.88. The summed E-state index contributed by atoms with van der Waals surface area (Å²) >= 11 is 0. The van der Waals surface area contributed by atoms with Gasteiger partial charge in [-0.05, 0) is 12.1 Å². The van der Waals surface area contributed by atoms with Gasteiger partial charge >= 0.3 is 0 Å². The minimum absolute atomic E-state index is 0.105. The van der Waals surface area contributed by atoms with Crippen LogP contribution in [0.3, 0.4) is 0 Å². The van der Waals surface area contributed by atoms with Crippen molar-refractivity contribution < 1.29 is 18.3 Å². The Morgan fingerprint density at radius 1 is 1.23 bits per heavy atom. The highest BCUT2D eigenvalue weighted by atomic mass is 19.1. The fourth-order valence-electron chi connectivity index (χ4n) is 1.30. The number of benzene rings is 1. The fraction of sp³-hybridized carbons (Fsp3) is 0.222. The molecular formula is C9H6F2O2. The molecule has 0 fully saturated rings. The Morgan fingerprint density at radius 3 is 2.62 bits per heavy atom. The largest absolute Gasteiger partial charge is 0.489 e. The van der Waals surface area contributed by atoms with Gasteiger partial charge in [0.2, 0.25) is 0 Å². The number of carbonyl (C=O) groups excluding carboxylic acids is 1. The van der Waals surface area contributed by atoms with Gasteiger partial charge in [0, 0.05) is 6.42 Å². The van der Waals surface area contributed by atoms with E-state index in [9.17, 15) is 13.6 Å². The van der Waals surface area contributed by atoms with E-state index in [1.807, 2.05) is 0 Å². The first-order valence-electron chi connectivity index (χ1n) is 3.84. The zero-order valence-corrected chi connectivity index (χ0v) is 6.64. The minimum atomic E-state index is -0.721. The molecule has 0 saturated carbocycles. The average molecular weight is 184 g/mol. The first-order chi connectivity index (χ1) is 6.20. The van der Waals surface area contributed by atoms with Gasteiger partial charge in [0.15, 0.2) is 17.3 Å². The summed E-state index contributed by atoms with van der Waals surface area (Å²) in [4.78, 5) is 11.2. The van der Waals surface area contributed by atoms with E-state index in [0.717, 1.165) is 12.1 Å². The van der Waals surface area contributed by atoms with Crippen LogP contribution < -0.4 is 4.74 Å². The van der Waals surface area contributed by atoms with Gasteiger partial charge in [0.05, 0.1) is 12.2 Å². The van der Waals surface area contributed by atoms with Crippen LogP contribution in [0.1, 0.15) is 16.8 Å². The molecule has 1 aromatic carbocycles. The van der Waals surface area contributed by atoms with E-state index in [2.05, 4.69) is 0 Å². The van der Waals surface area contributed by atoms with Crippen LogP contribution in [-0.2, 0) is 0 Å². The van der Waals surface area contributed by atoms with Gasteiger partial charge in [0.25, 0.3) is 0 Å². The number of hydrogen-bond donors (Lipinski definition) is 0. The van der Waals surface area contributed by atoms with Gasteiger partial charge in [-0.2, -0.15) is 0 Å². The zero-order valence-electron chi connectivity index (χ0n) is 6.64. The highest BCUT2D eigenvalue weighted by molar-refractivity contribution is 5.99. The SMILES string of the molecule is O=C1CCOc2c(F)ccc(F)c21. The number of rotatable bonds is 0. The van der Waals surface area contributed by atoms with Crippen LogP contribution in [0.25, 0.3) is 0 Å². The number of hydrogen-bond acceptors (Lipinski definition) is 2. The van der Waals surface area contributed by atoms with Crippen LogP contribution in [0.2, 0.25) is 0 Å². The van der Waals surface area contributed by atoms with Crippen molar-refractivity contribution in [3.63, 3.8) is 0 Å². The standard InChI is InChI=1S/C9H6F2O2/c10-5-1-2-6(11)9-8(5)7(12)3-4-13-9/h1-2H,3-4H2. The molecule has 0 bridgehead atoms. The van der Waals surface area contributed by atoms with Crippen LogP contribution in [0.5, 0.6) is 5.75 Å². The Morgan fingerprint density at radius 2 is 1.92 bits per heavy atom. The zero-order chi connectivity index (χ0) is 9.42. The first-order valence-corrected chi connectivity index (χ1v) is 3.84. The predicted molar refractivity (Wildman–Crippen MR) is 40.8 cm³/mol. The summed E-state index contributed by atoms with van der Waals surface area (Å²) in [5.74, 6) is -2.07. The van der Waals surface area contributed by atoms with Gasteiger partial charge in [-0.15, -0.1) is 0 Å². The molecule has 0 radical (unpaired) electrons. The molecule has 1 aliphatic heterocycles. The molecule has 0 saturated heterocycles. The highest BCUT2D eigenvalue weighted by Crippen LogP contribution is 2.29. The third-order valence-electron chi connectivity index (χ3n) is 1.91. The average Bonchev–Trinajstić information content (AvgIpc) is 2.12. The van der Waals surface area contributed by atoms with Crippen molar-refractivity contribution in [2.75, 3.05) is 6.61 Å². The Kier molecular flexibility index (Phi) is 1.76. The molecule has 0 N–H and O–H groups in total. The molecule has 0 amide bonds. The summed E-state index contributed by atoms with van der Waals surface area (Å²) in [6.07, 6.45) is 0.105. The number of halogens is 2. The molecule has 0 aliphatic carbocycles. The molecular weight excluding hydrogens is 178 g/mol. The van der Waals surface area contributed by atoms with Crippen LogP contribution in [0.4, 0.5) is 8.78 Å². The van der Waals surface area contributed by atoms with Gasteiger partial charge < -0.3 is 4.74 Å². The number of carbonyl (C=O) groups is 1. The molecule has 0 unspecified atom stereocenters. The summed E-state index contributed by atoms with van der Waals surface area (Å²) in [7, 11) is 0. The second-order valence-corrected chi connectivity index (χ2v) is 2.75. The summed E-state index contributed by atoms with van der Waals surface area (Å²) in [5.41, 5.74) is -0.258. The van der Waals surface area contributed by atoms with Gasteiger partial charge in [-0.25, -0.2) is 8.78 Å². The van der Waals surface area contributed by atoms with Gasteiger partial charge in [-0.1, -0.05) is 0 Å². The number of fused-ring (bicyclic) bond motifs is 1. The highest BCUT2D eigenvalue weighted by Gasteiger charge is 2.25. The lowest BCUT2D eigenvalue weighted by Crippen LogP contribution is -2.18. The smallest absolute Gasteiger partial charge is 0.173 e. The summed E-state index contributed by atoms with van der Waals surface area (Å²) < 4.78 is 30.9. The van der Waals surface area contributed by atoms with Crippen molar-refractivity contribution in [3.8, 4) is 5.75 Å². The second kappa shape index (κ2) is 2.80. The number of ether oxygens (including phenoxy) is 1. The monoisotopic (exact) mass is 184 g/mol. The quantitative estimate of drug-likeness (QED) is 0.615. The van der Waals surface area contributed by atoms with Crippen molar-refractivity contribution in [2.24, 2.45) is 0 Å².